The number of hydrogen-bond acceptors (Lipinski definition) is 4. The lowest BCUT2D eigenvalue weighted by atomic mass is 10.1. The minimum absolute atomic E-state index is 0.0231. The fourth-order valence-corrected chi connectivity index (χ4v) is 2.50. The van der Waals surface area contributed by atoms with E-state index < -0.39 is 5.97 Å². The SMILES string of the molecule is CCc1ccc(-n2cnnc2SCC(=O)O)cc1C. The Morgan fingerprint density at radius 2 is 2.26 bits per heavy atom. The zero-order chi connectivity index (χ0) is 13.8. The summed E-state index contributed by atoms with van der Waals surface area (Å²) in [5.41, 5.74) is 3.46. The minimum atomic E-state index is -0.864. The maximum absolute atomic E-state index is 10.6. The molecule has 2 rings (SSSR count). The number of nitrogens with zero attached hydrogens (tertiary/aromatic N) is 3. The molecule has 0 spiro atoms. The van der Waals surface area contributed by atoms with Crippen LogP contribution < -0.4 is 0 Å². The molecule has 0 aliphatic heterocycles. The predicted octanol–water partition coefficient (Wildman–Crippen LogP) is 2.31. The van der Waals surface area contributed by atoms with E-state index >= 15 is 0 Å². The minimum Gasteiger partial charge on any atom is -0.481 e. The number of aromatic nitrogens is 3. The molecule has 0 saturated heterocycles. The molecule has 0 saturated carbocycles. The summed E-state index contributed by atoms with van der Waals surface area (Å²) in [6, 6.07) is 6.14. The highest BCUT2D eigenvalue weighted by molar-refractivity contribution is 7.99. The Hall–Kier alpha value is -1.82. The van der Waals surface area contributed by atoms with Crippen LogP contribution in [0.3, 0.4) is 0 Å². The second kappa shape index (κ2) is 5.88. The van der Waals surface area contributed by atoms with Crippen molar-refractivity contribution in [3.8, 4) is 5.69 Å². The number of carbonyl (C=O) groups is 1. The topological polar surface area (TPSA) is 68.0 Å². The van der Waals surface area contributed by atoms with Gasteiger partial charge in [0.2, 0.25) is 0 Å². The summed E-state index contributed by atoms with van der Waals surface area (Å²) in [5, 5.41) is 17.1. The normalized spacial score (nSPS) is 10.6. The maximum atomic E-state index is 10.6. The summed E-state index contributed by atoms with van der Waals surface area (Å²) < 4.78 is 1.81. The fraction of sp³-hybridized carbons (Fsp3) is 0.308. The maximum Gasteiger partial charge on any atom is 0.313 e. The Morgan fingerprint density at radius 3 is 2.89 bits per heavy atom. The summed E-state index contributed by atoms with van der Waals surface area (Å²) in [4.78, 5) is 10.6. The number of benzene rings is 1. The largest absolute Gasteiger partial charge is 0.481 e. The highest BCUT2D eigenvalue weighted by Gasteiger charge is 2.10. The molecular formula is C13H15N3O2S. The lowest BCUT2D eigenvalue weighted by molar-refractivity contribution is -0.133. The molecular weight excluding hydrogens is 262 g/mol. The number of thioether (sulfide) groups is 1. The summed E-state index contributed by atoms with van der Waals surface area (Å²) in [5.74, 6) is -0.887. The van der Waals surface area contributed by atoms with Crippen LogP contribution >= 0.6 is 11.8 Å². The number of hydrogen-bond donors (Lipinski definition) is 1. The molecule has 100 valence electrons. The van der Waals surface area contributed by atoms with Crippen molar-refractivity contribution >= 4 is 17.7 Å². The van der Waals surface area contributed by atoms with Crippen molar-refractivity contribution in [2.24, 2.45) is 0 Å². The summed E-state index contributed by atoms with van der Waals surface area (Å²) in [7, 11) is 0. The summed E-state index contributed by atoms with van der Waals surface area (Å²) >= 11 is 1.16. The second-order valence-corrected chi connectivity index (χ2v) is 5.07. The van der Waals surface area contributed by atoms with Gasteiger partial charge in [-0.2, -0.15) is 0 Å². The van der Waals surface area contributed by atoms with Gasteiger partial charge in [0.1, 0.15) is 6.33 Å². The molecule has 0 atom stereocenters. The van der Waals surface area contributed by atoms with E-state index in [1.807, 2.05) is 6.07 Å². The van der Waals surface area contributed by atoms with Gasteiger partial charge in [-0.1, -0.05) is 24.8 Å². The highest BCUT2D eigenvalue weighted by Crippen LogP contribution is 2.21. The lowest BCUT2D eigenvalue weighted by Crippen LogP contribution is -2.02. The zero-order valence-corrected chi connectivity index (χ0v) is 11.6. The van der Waals surface area contributed by atoms with Crippen LogP contribution in [0.5, 0.6) is 0 Å². The van der Waals surface area contributed by atoms with Crippen molar-refractivity contribution < 1.29 is 9.90 Å². The van der Waals surface area contributed by atoms with Crippen LogP contribution in [0.2, 0.25) is 0 Å². The third kappa shape index (κ3) is 3.14. The molecule has 0 radical (unpaired) electrons. The van der Waals surface area contributed by atoms with Gasteiger partial charge < -0.3 is 5.11 Å². The van der Waals surface area contributed by atoms with E-state index in [-0.39, 0.29) is 5.75 Å². The zero-order valence-electron chi connectivity index (χ0n) is 10.8. The Balaban J connectivity index is 2.29. The van der Waals surface area contributed by atoms with Gasteiger partial charge in [0.25, 0.3) is 0 Å². The summed E-state index contributed by atoms with van der Waals surface area (Å²) in [6.45, 7) is 4.19. The Labute approximate surface area is 115 Å². The van der Waals surface area contributed by atoms with Crippen LogP contribution in [0.15, 0.2) is 29.7 Å². The van der Waals surface area contributed by atoms with Gasteiger partial charge in [0, 0.05) is 5.69 Å². The molecule has 0 fully saturated rings. The first-order valence-corrected chi connectivity index (χ1v) is 6.95. The van der Waals surface area contributed by atoms with Gasteiger partial charge in [-0.05, 0) is 36.6 Å². The first-order valence-electron chi connectivity index (χ1n) is 5.96. The quantitative estimate of drug-likeness (QED) is 0.849. The average Bonchev–Trinajstić information content (AvgIpc) is 2.84. The molecule has 1 N–H and O–H groups in total. The van der Waals surface area contributed by atoms with E-state index in [9.17, 15) is 4.79 Å². The molecule has 5 nitrogen and oxygen atoms in total. The third-order valence-electron chi connectivity index (χ3n) is 2.83. The van der Waals surface area contributed by atoms with Gasteiger partial charge in [0.05, 0.1) is 5.75 Å². The molecule has 0 aliphatic carbocycles. The van der Waals surface area contributed by atoms with Crippen molar-refractivity contribution in [3.63, 3.8) is 0 Å². The number of aryl methyl sites for hydroxylation is 2. The molecule has 0 amide bonds. The fourth-order valence-electron chi connectivity index (χ4n) is 1.85. The Kier molecular flexibility index (Phi) is 4.21. The number of carboxylic acids is 1. The predicted molar refractivity (Wildman–Crippen MR) is 73.8 cm³/mol. The van der Waals surface area contributed by atoms with E-state index in [2.05, 4.69) is 36.2 Å². The monoisotopic (exact) mass is 277 g/mol. The molecule has 0 aliphatic rings. The molecule has 6 heteroatoms. The van der Waals surface area contributed by atoms with Crippen LogP contribution in [0.25, 0.3) is 5.69 Å². The number of rotatable bonds is 5. The van der Waals surface area contributed by atoms with Crippen LogP contribution in [-0.4, -0.2) is 31.6 Å². The van der Waals surface area contributed by atoms with Gasteiger partial charge in [0.15, 0.2) is 5.16 Å². The van der Waals surface area contributed by atoms with Crippen molar-refractivity contribution in [1.82, 2.24) is 14.8 Å². The molecule has 2 aromatic rings. The Morgan fingerprint density at radius 1 is 1.47 bits per heavy atom. The van der Waals surface area contributed by atoms with Crippen LogP contribution in [0, 0.1) is 6.92 Å². The van der Waals surface area contributed by atoms with E-state index in [1.54, 1.807) is 10.9 Å². The molecule has 1 aromatic heterocycles. The number of aliphatic carboxylic acids is 1. The number of carboxylic acid groups (broad SMARTS) is 1. The standard InChI is InChI=1S/C13H15N3O2S/c1-3-10-4-5-11(6-9(10)2)16-8-14-15-13(16)19-7-12(17)18/h4-6,8H,3,7H2,1-2H3,(H,17,18). The summed E-state index contributed by atoms with van der Waals surface area (Å²) in [6.07, 6.45) is 2.60. The van der Waals surface area contributed by atoms with Crippen LogP contribution in [0.4, 0.5) is 0 Å². The van der Waals surface area contributed by atoms with Crippen molar-refractivity contribution in [2.75, 3.05) is 5.75 Å². The van der Waals surface area contributed by atoms with Gasteiger partial charge >= 0.3 is 5.97 Å². The molecule has 1 heterocycles. The Bertz CT molecular complexity index is 595. The molecule has 0 bridgehead atoms. The molecule has 1 aromatic carbocycles. The van der Waals surface area contributed by atoms with Gasteiger partial charge in [-0.15, -0.1) is 10.2 Å². The van der Waals surface area contributed by atoms with Crippen molar-refractivity contribution in [1.29, 1.82) is 0 Å². The first-order chi connectivity index (χ1) is 9.11. The smallest absolute Gasteiger partial charge is 0.313 e. The average molecular weight is 277 g/mol. The third-order valence-corrected chi connectivity index (χ3v) is 3.75. The van der Waals surface area contributed by atoms with Crippen LogP contribution in [0.1, 0.15) is 18.1 Å². The molecule has 0 unspecified atom stereocenters. The molecule has 19 heavy (non-hydrogen) atoms. The van der Waals surface area contributed by atoms with E-state index in [1.165, 1.54) is 11.1 Å². The van der Waals surface area contributed by atoms with Crippen molar-refractivity contribution in [2.45, 2.75) is 25.4 Å². The second-order valence-electron chi connectivity index (χ2n) is 4.13. The highest BCUT2D eigenvalue weighted by atomic mass is 32.2. The van der Waals surface area contributed by atoms with E-state index in [0.29, 0.717) is 5.16 Å². The van der Waals surface area contributed by atoms with Gasteiger partial charge in [-0.25, -0.2) is 0 Å². The lowest BCUT2D eigenvalue weighted by Gasteiger charge is -2.09. The van der Waals surface area contributed by atoms with Crippen molar-refractivity contribution in [3.05, 3.63) is 35.7 Å². The first kappa shape index (κ1) is 13.6. The van der Waals surface area contributed by atoms with Crippen LogP contribution in [-0.2, 0) is 11.2 Å². The van der Waals surface area contributed by atoms with E-state index in [4.69, 9.17) is 5.11 Å². The van der Waals surface area contributed by atoms with Gasteiger partial charge in [-0.3, -0.25) is 9.36 Å². The van der Waals surface area contributed by atoms with E-state index in [0.717, 1.165) is 23.9 Å².